The number of urea groups is 1. The summed E-state index contributed by atoms with van der Waals surface area (Å²) in [5, 5.41) is 4.12. The van der Waals surface area contributed by atoms with Crippen LogP contribution >= 0.6 is 0 Å². The van der Waals surface area contributed by atoms with Crippen LogP contribution in [0.3, 0.4) is 0 Å². The van der Waals surface area contributed by atoms with Crippen LogP contribution < -0.4 is 5.32 Å². The highest BCUT2D eigenvalue weighted by molar-refractivity contribution is 7.89. The van der Waals surface area contributed by atoms with E-state index in [1.54, 1.807) is 18.2 Å². The Morgan fingerprint density at radius 1 is 1.03 bits per heavy atom. The third-order valence-electron chi connectivity index (χ3n) is 5.95. The first-order valence-electron chi connectivity index (χ1n) is 10.7. The summed E-state index contributed by atoms with van der Waals surface area (Å²) in [6, 6.07) is 10.6. The fraction of sp³-hybridized carbons (Fsp3) is 0.364. The molecule has 0 spiro atoms. The molecule has 11 nitrogen and oxygen atoms in total. The summed E-state index contributed by atoms with van der Waals surface area (Å²) in [4.78, 5) is 51.0. The SMILES string of the molecule is COC(=O)C[C@H]1NC(=O)N(CC(=O)N2CCN(S(=O)(=O)c3ccc4ccccc4c3)CC2)C1=O. The maximum Gasteiger partial charge on any atom is 0.325 e. The van der Waals surface area contributed by atoms with Crippen LogP contribution in [-0.2, 0) is 29.1 Å². The van der Waals surface area contributed by atoms with E-state index in [2.05, 4.69) is 10.1 Å². The number of nitrogens with one attached hydrogen (secondary N) is 1. The molecule has 12 heteroatoms. The minimum Gasteiger partial charge on any atom is -0.469 e. The molecule has 2 heterocycles. The van der Waals surface area contributed by atoms with Gasteiger partial charge in [-0.25, -0.2) is 13.2 Å². The van der Waals surface area contributed by atoms with Crippen molar-refractivity contribution in [2.45, 2.75) is 17.4 Å². The van der Waals surface area contributed by atoms with E-state index in [0.717, 1.165) is 15.7 Å². The van der Waals surface area contributed by atoms with Crippen molar-refractivity contribution in [2.24, 2.45) is 0 Å². The first-order valence-corrected chi connectivity index (χ1v) is 12.1. The van der Waals surface area contributed by atoms with Gasteiger partial charge in [-0.1, -0.05) is 30.3 Å². The number of piperazine rings is 1. The van der Waals surface area contributed by atoms with E-state index in [1.165, 1.54) is 16.3 Å². The number of hydrogen-bond acceptors (Lipinski definition) is 7. The number of esters is 1. The number of carbonyl (C=O) groups is 4. The summed E-state index contributed by atoms with van der Waals surface area (Å²) in [6.45, 7) is -0.0560. The monoisotopic (exact) mass is 488 g/mol. The van der Waals surface area contributed by atoms with Gasteiger partial charge in [-0.15, -0.1) is 0 Å². The predicted octanol–water partition coefficient (Wildman–Crippen LogP) is 0.156. The number of carbonyl (C=O) groups excluding carboxylic acids is 4. The topological polar surface area (TPSA) is 133 Å². The van der Waals surface area contributed by atoms with Gasteiger partial charge in [-0.2, -0.15) is 4.31 Å². The number of methoxy groups -OCH3 is 1. The minimum absolute atomic E-state index is 0.0893. The number of sulfonamides is 1. The zero-order valence-corrected chi connectivity index (χ0v) is 19.3. The number of hydrogen-bond donors (Lipinski definition) is 1. The largest absolute Gasteiger partial charge is 0.469 e. The molecule has 0 saturated carbocycles. The lowest BCUT2D eigenvalue weighted by molar-refractivity contribution is -0.143. The number of ether oxygens (including phenoxy) is 1. The molecule has 2 saturated heterocycles. The smallest absolute Gasteiger partial charge is 0.325 e. The lowest BCUT2D eigenvalue weighted by Crippen LogP contribution is -2.53. The normalized spacial score (nSPS) is 19.4. The zero-order chi connectivity index (χ0) is 24.5. The molecule has 4 amide bonds. The van der Waals surface area contributed by atoms with Crippen molar-refractivity contribution < 1.29 is 32.3 Å². The highest BCUT2D eigenvalue weighted by Crippen LogP contribution is 2.23. The van der Waals surface area contributed by atoms with Gasteiger partial charge in [0, 0.05) is 26.2 Å². The molecule has 1 N–H and O–H groups in total. The Kier molecular flexibility index (Phi) is 6.53. The molecule has 0 bridgehead atoms. The Bertz CT molecular complexity index is 1250. The van der Waals surface area contributed by atoms with E-state index in [9.17, 15) is 27.6 Å². The van der Waals surface area contributed by atoms with Crippen LogP contribution in [0.25, 0.3) is 10.8 Å². The highest BCUT2D eigenvalue weighted by Gasteiger charge is 2.41. The third kappa shape index (κ3) is 4.59. The van der Waals surface area contributed by atoms with Gasteiger partial charge in [0.25, 0.3) is 5.91 Å². The molecular formula is C22H24N4O7S. The number of imide groups is 1. The molecular weight excluding hydrogens is 464 g/mol. The lowest BCUT2D eigenvalue weighted by atomic mass is 10.1. The number of fused-ring (bicyclic) bond motifs is 1. The molecule has 34 heavy (non-hydrogen) atoms. The van der Waals surface area contributed by atoms with E-state index in [0.29, 0.717) is 0 Å². The van der Waals surface area contributed by atoms with Gasteiger partial charge >= 0.3 is 12.0 Å². The second kappa shape index (κ2) is 9.39. The Balaban J connectivity index is 1.36. The van der Waals surface area contributed by atoms with Gasteiger partial charge in [0.15, 0.2) is 0 Å². The molecule has 2 aliphatic rings. The van der Waals surface area contributed by atoms with Crippen molar-refractivity contribution >= 4 is 44.6 Å². The number of nitrogens with zero attached hydrogens (tertiary/aromatic N) is 3. The summed E-state index contributed by atoms with van der Waals surface area (Å²) in [6.07, 6.45) is -0.322. The van der Waals surface area contributed by atoms with E-state index < -0.39 is 46.4 Å². The second-order valence-corrected chi connectivity index (χ2v) is 9.94. The van der Waals surface area contributed by atoms with Gasteiger partial charge < -0.3 is 15.0 Å². The average molecular weight is 489 g/mol. The summed E-state index contributed by atoms with van der Waals surface area (Å²) in [7, 11) is -2.57. The third-order valence-corrected chi connectivity index (χ3v) is 7.84. The van der Waals surface area contributed by atoms with Crippen molar-refractivity contribution in [3.63, 3.8) is 0 Å². The summed E-state index contributed by atoms with van der Waals surface area (Å²) in [5.74, 6) is -1.82. The standard InChI is InChI=1S/C22H24N4O7S/c1-33-20(28)13-18-21(29)26(22(30)23-18)14-19(27)24-8-10-25(11-9-24)34(31,32)17-7-6-15-4-2-3-5-16(15)12-17/h2-7,12,18H,8-11,13-14H2,1H3,(H,23,30)/t18-/m1/s1. The van der Waals surface area contributed by atoms with Gasteiger partial charge in [-0.3, -0.25) is 19.3 Å². The quantitative estimate of drug-likeness (QED) is 0.452. The van der Waals surface area contributed by atoms with Crippen molar-refractivity contribution in [2.75, 3.05) is 39.8 Å². The molecule has 2 fully saturated rings. The Morgan fingerprint density at radius 3 is 2.38 bits per heavy atom. The molecule has 4 rings (SSSR count). The Labute approximate surface area is 196 Å². The van der Waals surface area contributed by atoms with E-state index in [1.807, 2.05) is 24.3 Å². The molecule has 0 radical (unpaired) electrons. The summed E-state index contributed by atoms with van der Waals surface area (Å²) < 4.78 is 32.0. The molecule has 180 valence electrons. The lowest BCUT2D eigenvalue weighted by Gasteiger charge is -2.34. The van der Waals surface area contributed by atoms with Crippen LogP contribution in [0.2, 0.25) is 0 Å². The van der Waals surface area contributed by atoms with Crippen LogP contribution in [0.5, 0.6) is 0 Å². The maximum absolute atomic E-state index is 13.1. The molecule has 2 aromatic carbocycles. The molecule has 0 unspecified atom stereocenters. The van der Waals surface area contributed by atoms with Gasteiger partial charge in [0.1, 0.15) is 12.6 Å². The van der Waals surface area contributed by atoms with E-state index in [-0.39, 0.29) is 37.5 Å². The van der Waals surface area contributed by atoms with Crippen LogP contribution in [0, 0.1) is 0 Å². The number of rotatable bonds is 6. The van der Waals surface area contributed by atoms with Gasteiger partial charge in [0.2, 0.25) is 15.9 Å². The molecule has 0 aromatic heterocycles. The van der Waals surface area contributed by atoms with Crippen molar-refractivity contribution in [1.82, 2.24) is 19.4 Å². The molecule has 0 aliphatic carbocycles. The fourth-order valence-electron chi connectivity index (χ4n) is 4.01. The second-order valence-electron chi connectivity index (χ2n) is 8.00. The molecule has 2 aromatic rings. The summed E-state index contributed by atoms with van der Waals surface area (Å²) >= 11 is 0. The van der Waals surface area contributed by atoms with Crippen LogP contribution in [-0.4, -0.2) is 92.2 Å². The first kappa shape index (κ1) is 23.6. The van der Waals surface area contributed by atoms with Gasteiger partial charge in [-0.05, 0) is 22.9 Å². The predicted molar refractivity (Wildman–Crippen MR) is 120 cm³/mol. The molecule has 2 aliphatic heterocycles. The Morgan fingerprint density at radius 2 is 1.71 bits per heavy atom. The maximum atomic E-state index is 13.1. The summed E-state index contributed by atoms with van der Waals surface area (Å²) in [5.41, 5.74) is 0. The van der Waals surface area contributed by atoms with Crippen LogP contribution in [0.15, 0.2) is 47.4 Å². The van der Waals surface area contributed by atoms with Crippen molar-refractivity contribution in [3.8, 4) is 0 Å². The van der Waals surface area contributed by atoms with Crippen molar-refractivity contribution in [3.05, 3.63) is 42.5 Å². The highest BCUT2D eigenvalue weighted by atomic mass is 32.2. The number of amides is 4. The van der Waals surface area contributed by atoms with E-state index in [4.69, 9.17) is 0 Å². The van der Waals surface area contributed by atoms with Crippen molar-refractivity contribution in [1.29, 1.82) is 0 Å². The first-order chi connectivity index (χ1) is 16.2. The zero-order valence-electron chi connectivity index (χ0n) is 18.5. The fourth-order valence-corrected chi connectivity index (χ4v) is 5.46. The number of benzene rings is 2. The average Bonchev–Trinajstić information content (AvgIpc) is 3.10. The molecule has 1 atom stereocenters. The van der Waals surface area contributed by atoms with E-state index >= 15 is 0 Å². The van der Waals surface area contributed by atoms with Crippen LogP contribution in [0.1, 0.15) is 6.42 Å². The van der Waals surface area contributed by atoms with Gasteiger partial charge in [0.05, 0.1) is 18.4 Å². The minimum atomic E-state index is -3.74. The van der Waals surface area contributed by atoms with Crippen LogP contribution in [0.4, 0.5) is 4.79 Å². The Hall–Kier alpha value is -3.51.